The fourth-order valence-corrected chi connectivity index (χ4v) is 6.69. The third-order valence-corrected chi connectivity index (χ3v) is 8.15. The van der Waals surface area contributed by atoms with E-state index < -0.39 is 9.76 Å². The summed E-state index contributed by atoms with van der Waals surface area (Å²) >= 11 is 1.37. The molecule has 0 bridgehead atoms. The lowest BCUT2D eigenvalue weighted by atomic mass is 9.62. The Labute approximate surface area is 188 Å². The number of hydrogen-bond acceptors (Lipinski definition) is 6. The van der Waals surface area contributed by atoms with Crippen molar-refractivity contribution in [2.75, 3.05) is 32.1 Å². The molecule has 2 amide bonds. The van der Waals surface area contributed by atoms with Crippen molar-refractivity contribution in [2.45, 2.75) is 78.0 Å². The Morgan fingerprint density at radius 1 is 1.30 bits per heavy atom. The van der Waals surface area contributed by atoms with E-state index in [0.717, 1.165) is 38.0 Å². The molecule has 0 aromatic rings. The van der Waals surface area contributed by atoms with Crippen LogP contribution in [0.25, 0.3) is 0 Å². The number of rotatable bonds is 11. The Hall–Kier alpha value is -0.773. The first-order valence-electron chi connectivity index (χ1n) is 11.1. The number of carbonyl (C=O) groups is 2. The minimum atomic E-state index is -0.476. The van der Waals surface area contributed by atoms with Gasteiger partial charge in [-0.2, -0.15) is 0 Å². The molecule has 2 aliphatic rings. The first kappa shape index (κ1) is 25.5. The SMILES string of the molecule is CCO[SiH2]C(C)CCSC(=O)NCC1(C)CC(NC(=O)OCC2CO2)CC(C)(C)C1. The lowest BCUT2D eigenvalue weighted by Crippen LogP contribution is -2.50. The predicted molar refractivity (Wildman–Crippen MR) is 124 cm³/mol. The summed E-state index contributed by atoms with van der Waals surface area (Å²) in [7, 11) is -0.476. The summed E-state index contributed by atoms with van der Waals surface area (Å²) in [6.45, 7) is 13.3. The van der Waals surface area contributed by atoms with Crippen molar-refractivity contribution in [3.8, 4) is 0 Å². The first-order chi connectivity index (χ1) is 14.1. The smallest absolute Gasteiger partial charge is 0.407 e. The summed E-state index contributed by atoms with van der Waals surface area (Å²) in [5.41, 5.74) is 0.617. The molecular formula is C21H40N2O5SSi. The number of alkyl carbamates (subject to hydrolysis) is 1. The average molecular weight is 461 g/mol. The molecule has 1 saturated carbocycles. The summed E-state index contributed by atoms with van der Waals surface area (Å²) in [5.74, 6) is 0.829. The van der Waals surface area contributed by atoms with E-state index in [2.05, 4.69) is 38.3 Å². The molecule has 0 aromatic heterocycles. The van der Waals surface area contributed by atoms with E-state index >= 15 is 0 Å². The van der Waals surface area contributed by atoms with Crippen molar-refractivity contribution in [1.29, 1.82) is 0 Å². The highest BCUT2D eigenvalue weighted by molar-refractivity contribution is 8.13. The minimum absolute atomic E-state index is 0.0400. The number of amides is 2. The molecule has 1 saturated heterocycles. The zero-order chi connectivity index (χ0) is 22.2. The van der Waals surface area contributed by atoms with Gasteiger partial charge in [0, 0.05) is 24.9 Å². The van der Waals surface area contributed by atoms with Gasteiger partial charge in [0.25, 0.3) is 5.24 Å². The summed E-state index contributed by atoms with van der Waals surface area (Å²) in [6.07, 6.45) is 3.45. The van der Waals surface area contributed by atoms with E-state index in [1.54, 1.807) is 0 Å². The summed E-state index contributed by atoms with van der Waals surface area (Å²) in [5, 5.41) is 6.17. The van der Waals surface area contributed by atoms with Gasteiger partial charge in [0.05, 0.1) is 6.61 Å². The number of nitrogens with one attached hydrogen (secondary N) is 2. The minimum Gasteiger partial charge on any atom is -0.447 e. The highest BCUT2D eigenvalue weighted by Crippen LogP contribution is 2.45. The van der Waals surface area contributed by atoms with Crippen molar-refractivity contribution in [3.05, 3.63) is 0 Å². The highest BCUT2D eigenvalue weighted by atomic mass is 32.2. The maximum atomic E-state index is 12.3. The second-order valence-corrected chi connectivity index (χ2v) is 13.2. The van der Waals surface area contributed by atoms with Crippen LogP contribution in [0.15, 0.2) is 0 Å². The number of carbonyl (C=O) groups excluding carboxylic acids is 2. The van der Waals surface area contributed by atoms with Gasteiger partial charge in [-0.25, -0.2) is 4.79 Å². The standard InChI is InChI=1S/C21H40N2O5SSi/c1-6-28-30-15(2)7-8-29-19(25)22-14-21(5)10-16(9-20(3,4)13-21)23-18(24)27-12-17-11-26-17/h15-17H,6-14,30H2,1-5H3,(H,22,25)(H,23,24). The van der Waals surface area contributed by atoms with E-state index in [1.807, 2.05) is 6.92 Å². The fraction of sp³-hybridized carbons (Fsp3) is 0.905. The molecule has 2 fully saturated rings. The largest absolute Gasteiger partial charge is 0.447 e. The number of thioether (sulfide) groups is 1. The topological polar surface area (TPSA) is 89.2 Å². The molecule has 0 aromatic carbocycles. The summed E-state index contributed by atoms with van der Waals surface area (Å²) < 4.78 is 15.9. The Morgan fingerprint density at radius 2 is 2.03 bits per heavy atom. The Bertz CT molecular complexity index is 576. The van der Waals surface area contributed by atoms with Crippen molar-refractivity contribution in [1.82, 2.24) is 10.6 Å². The van der Waals surface area contributed by atoms with Crippen LogP contribution in [0.2, 0.25) is 5.54 Å². The molecule has 30 heavy (non-hydrogen) atoms. The second-order valence-electron chi connectivity index (χ2n) is 10.00. The average Bonchev–Trinajstić information content (AvgIpc) is 3.46. The number of epoxide rings is 1. The zero-order valence-electron chi connectivity index (χ0n) is 19.3. The molecule has 7 nitrogen and oxygen atoms in total. The number of ether oxygens (including phenoxy) is 2. The van der Waals surface area contributed by atoms with Crippen LogP contribution in [0.5, 0.6) is 0 Å². The molecule has 4 atom stereocenters. The van der Waals surface area contributed by atoms with Crippen molar-refractivity contribution in [2.24, 2.45) is 10.8 Å². The van der Waals surface area contributed by atoms with Crippen LogP contribution >= 0.6 is 11.8 Å². The van der Waals surface area contributed by atoms with Gasteiger partial charge in [-0.05, 0) is 49.0 Å². The first-order valence-corrected chi connectivity index (χ1v) is 13.5. The molecule has 1 aliphatic carbocycles. The molecule has 1 aliphatic heterocycles. The van der Waals surface area contributed by atoms with Crippen LogP contribution in [0, 0.1) is 10.8 Å². The molecule has 2 rings (SSSR count). The van der Waals surface area contributed by atoms with Crippen LogP contribution in [-0.2, 0) is 13.9 Å². The van der Waals surface area contributed by atoms with Gasteiger partial charge in [-0.3, -0.25) is 4.79 Å². The van der Waals surface area contributed by atoms with Gasteiger partial charge >= 0.3 is 6.09 Å². The van der Waals surface area contributed by atoms with Gasteiger partial charge in [0.2, 0.25) is 0 Å². The Balaban J connectivity index is 1.73. The Kier molecular flexibility index (Phi) is 9.97. The molecule has 4 unspecified atom stereocenters. The lowest BCUT2D eigenvalue weighted by molar-refractivity contribution is 0.0661. The summed E-state index contributed by atoms with van der Waals surface area (Å²) in [6, 6.07) is 0.0419. The molecule has 0 spiro atoms. The number of hydrogen-bond donors (Lipinski definition) is 2. The molecule has 2 N–H and O–H groups in total. The maximum Gasteiger partial charge on any atom is 0.407 e. The fourth-order valence-electron chi connectivity index (χ4n) is 4.50. The quantitative estimate of drug-likeness (QED) is 0.363. The highest BCUT2D eigenvalue weighted by Gasteiger charge is 2.42. The van der Waals surface area contributed by atoms with Crippen molar-refractivity contribution >= 4 is 32.9 Å². The van der Waals surface area contributed by atoms with Crippen LogP contribution < -0.4 is 10.6 Å². The monoisotopic (exact) mass is 460 g/mol. The Morgan fingerprint density at radius 3 is 2.70 bits per heavy atom. The molecule has 174 valence electrons. The lowest BCUT2D eigenvalue weighted by Gasteiger charge is -2.46. The molecule has 0 radical (unpaired) electrons. The van der Waals surface area contributed by atoms with Crippen LogP contribution in [0.3, 0.4) is 0 Å². The van der Waals surface area contributed by atoms with Gasteiger partial charge in [-0.15, -0.1) is 0 Å². The van der Waals surface area contributed by atoms with Gasteiger partial charge < -0.3 is 24.5 Å². The molecule has 9 heteroatoms. The van der Waals surface area contributed by atoms with Crippen LogP contribution in [-0.4, -0.2) is 65.4 Å². The van der Waals surface area contributed by atoms with E-state index in [4.69, 9.17) is 13.9 Å². The van der Waals surface area contributed by atoms with Gasteiger partial charge in [-0.1, -0.05) is 39.5 Å². The zero-order valence-corrected chi connectivity index (χ0v) is 21.5. The van der Waals surface area contributed by atoms with Crippen LogP contribution in [0.1, 0.15) is 60.3 Å². The van der Waals surface area contributed by atoms with Crippen LogP contribution in [0.4, 0.5) is 9.59 Å². The van der Waals surface area contributed by atoms with Gasteiger partial charge in [0.15, 0.2) is 9.76 Å². The van der Waals surface area contributed by atoms with E-state index in [-0.39, 0.29) is 34.3 Å². The second kappa shape index (κ2) is 11.7. The molecule has 1 heterocycles. The normalized spacial score (nSPS) is 28.8. The van der Waals surface area contributed by atoms with Crippen molar-refractivity contribution in [3.63, 3.8) is 0 Å². The third-order valence-electron chi connectivity index (χ3n) is 5.68. The predicted octanol–water partition coefficient (Wildman–Crippen LogP) is 3.46. The maximum absolute atomic E-state index is 12.3. The van der Waals surface area contributed by atoms with Gasteiger partial charge in [0.1, 0.15) is 12.7 Å². The van der Waals surface area contributed by atoms with E-state index in [1.165, 1.54) is 11.8 Å². The van der Waals surface area contributed by atoms with Crippen molar-refractivity contribution < 1.29 is 23.5 Å². The van der Waals surface area contributed by atoms with E-state index in [9.17, 15) is 9.59 Å². The van der Waals surface area contributed by atoms with E-state index in [0.29, 0.717) is 25.3 Å². The summed E-state index contributed by atoms with van der Waals surface area (Å²) in [4.78, 5) is 24.4. The molecular weight excluding hydrogens is 420 g/mol. The third kappa shape index (κ3) is 10.0.